The summed E-state index contributed by atoms with van der Waals surface area (Å²) in [6.45, 7) is 4.09. The summed E-state index contributed by atoms with van der Waals surface area (Å²) < 4.78 is 23.1. The Balaban J connectivity index is 1.91. The third kappa shape index (κ3) is 4.04. The summed E-state index contributed by atoms with van der Waals surface area (Å²) in [6, 6.07) is 16.6. The molecule has 3 aromatic carbocycles. The van der Waals surface area contributed by atoms with Crippen LogP contribution >= 0.6 is 11.6 Å². The average molecular weight is 451 g/mol. The van der Waals surface area contributed by atoms with Crippen LogP contribution in [0.15, 0.2) is 63.8 Å². The van der Waals surface area contributed by atoms with Crippen molar-refractivity contribution in [2.45, 2.75) is 20.5 Å². The maximum atomic E-state index is 13.5. The van der Waals surface area contributed by atoms with E-state index >= 15 is 0 Å². The molecule has 0 amide bonds. The van der Waals surface area contributed by atoms with Gasteiger partial charge in [-0.1, -0.05) is 35.9 Å². The van der Waals surface area contributed by atoms with Gasteiger partial charge in [-0.15, -0.1) is 0 Å². The number of rotatable bonds is 6. The maximum absolute atomic E-state index is 13.5. The van der Waals surface area contributed by atoms with Crippen LogP contribution in [0.2, 0.25) is 5.02 Å². The Morgan fingerprint density at radius 3 is 2.38 bits per heavy atom. The topological polar surface area (TPSA) is 57.9 Å². The first-order valence-corrected chi connectivity index (χ1v) is 10.5. The van der Waals surface area contributed by atoms with Crippen LogP contribution in [0, 0.1) is 13.8 Å². The van der Waals surface area contributed by atoms with Crippen molar-refractivity contribution >= 4 is 22.6 Å². The van der Waals surface area contributed by atoms with Gasteiger partial charge in [-0.2, -0.15) is 0 Å². The highest BCUT2D eigenvalue weighted by Gasteiger charge is 2.20. The highest BCUT2D eigenvalue weighted by atomic mass is 35.5. The van der Waals surface area contributed by atoms with Gasteiger partial charge < -0.3 is 18.6 Å². The van der Waals surface area contributed by atoms with Crippen molar-refractivity contribution in [3.63, 3.8) is 0 Å². The Hall–Kier alpha value is -3.44. The summed E-state index contributed by atoms with van der Waals surface area (Å²) >= 11 is 6.28. The first kappa shape index (κ1) is 21.8. The summed E-state index contributed by atoms with van der Waals surface area (Å²) in [5.74, 6) is 1.53. The van der Waals surface area contributed by atoms with E-state index in [2.05, 4.69) is 0 Å². The van der Waals surface area contributed by atoms with Crippen LogP contribution in [0.4, 0.5) is 0 Å². The fraction of sp³-hybridized carbons (Fsp3) is 0.192. The zero-order valence-corrected chi connectivity index (χ0v) is 19.1. The van der Waals surface area contributed by atoms with E-state index in [0.29, 0.717) is 38.8 Å². The molecule has 4 aromatic rings. The molecule has 0 fully saturated rings. The molecule has 164 valence electrons. The van der Waals surface area contributed by atoms with Crippen LogP contribution < -0.4 is 19.6 Å². The molecule has 0 spiro atoms. The van der Waals surface area contributed by atoms with Crippen LogP contribution in [-0.2, 0) is 6.61 Å². The molecular weight excluding hydrogens is 428 g/mol. The second kappa shape index (κ2) is 8.97. The number of hydrogen-bond donors (Lipinski definition) is 0. The van der Waals surface area contributed by atoms with E-state index in [1.165, 1.54) is 0 Å². The second-order valence-electron chi connectivity index (χ2n) is 7.47. The molecule has 32 heavy (non-hydrogen) atoms. The monoisotopic (exact) mass is 450 g/mol. The summed E-state index contributed by atoms with van der Waals surface area (Å²) in [5.41, 5.74) is 3.65. The number of ether oxygens (including phenoxy) is 3. The third-order valence-electron chi connectivity index (χ3n) is 5.41. The predicted octanol–water partition coefficient (Wildman–Crippen LogP) is 6.33. The molecule has 6 heteroatoms. The molecule has 0 saturated heterocycles. The van der Waals surface area contributed by atoms with Gasteiger partial charge in [0.25, 0.3) is 0 Å². The Morgan fingerprint density at radius 2 is 1.66 bits per heavy atom. The van der Waals surface area contributed by atoms with Crippen LogP contribution in [0.5, 0.6) is 17.2 Å². The van der Waals surface area contributed by atoms with E-state index in [-0.39, 0.29) is 17.8 Å². The van der Waals surface area contributed by atoms with Crippen LogP contribution in [0.1, 0.15) is 16.7 Å². The van der Waals surface area contributed by atoms with Gasteiger partial charge in [0.1, 0.15) is 12.2 Å². The molecule has 0 aliphatic carbocycles. The highest BCUT2D eigenvalue weighted by molar-refractivity contribution is 6.32. The molecule has 0 N–H and O–H groups in total. The first-order chi connectivity index (χ1) is 15.4. The summed E-state index contributed by atoms with van der Waals surface area (Å²) in [7, 11) is 3.12. The first-order valence-electron chi connectivity index (χ1n) is 10.1. The van der Waals surface area contributed by atoms with Gasteiger partial charge in [-0.25, -0.2) is 0 Å². The van der Waals surface area contributed by atoms with Crippen molar-refractivity contribution < 1.29 is 18.6 Å². The molecule has 5 nitrogen and oxygen atoms in total. The van der Waals surface area contributed by atoms with Gasteiger partial charge in [0, 0.05) is 10.6 Å². The van der Waals surface area contributed by atoms with Crippen molar-refractivity contribution in [2.24, 2.45) is 0 Å². The largest absolute Gasteiger partial charge is 0.493 e. The minimum atomic E-state index is -0.286. The standard InChI is InChI=1S/C26H23ClO5/c1-15-7-5-6-8-18(15)14-31-26-24(28)19-13-20(27)16(2)11-22(19)32-25(26)17-9-10-21(29-3)23(12-17)30-4/h5-13H,14H2,1-4H3. The van der Waals surface area contributed by atoms with Gasteiger partial charge in [-0.3, -0.25) is 4.79 Å². The Bertz CT molecular complexity index is 1360. The molecule has 0 saturated carbocycles. The zero-order chi connectivity index (χ0) is 22.8. The van der Waals surface area contributed by atoms with E-state index in [1.54, 1.807) is 44.6 Å². The number of benzene rings is 3. The van der Waals surface area contributed by atoms with Crippen LogP contribution in [0.3, 0.4) is 0 Å². The van der Waals surface area contributed by atoms with Gasteiger partial charge in [0.2, 0.25) is 11.2 Å². The number of fused-ring (bicyclic) bond motifs is 1. The zero-order valence-electron chi connectivity index (χ0n) is 18.3. The molecule has 1 aromatic heterocycles. The lowest BCUT2D eigenvalue weighted by atomic mass is 10.1. The van der Waals surface area contributed by atoms with E-state index in [1.807, 2.05) is 38.1 Å². The van der Waals surface area contributed by atoms with Gasteiger partial charge >= 0.3 is 0 Å². The molecule has 0 aliphatic rings. The molecule has 0 bridgehead atoms. The predicted molar refractivity (Wildman–Crippen MR) is 126 cm³/mol. The fourth-order valence-corrected chi connectivity index (χ4v) is 3.68. The Labute approximate surface area is 191 Å². The van der Waals surface area contributed by atoms with Gasteiger partial charge in [-0.05, 0) is 60.9 Å². The van der Waals surface area contributed by atoms with Crippen molar-refractivity contribution in [1.29, 1.82) is 0 Å². The smallest absolute Gasteiger partial charge is 0.235 e. The fourth-order valence-electron chi connectivity index (χ4n) is 3.52. The van der Waals surface area contributed by atoms with Crippen molar-refractivity contribution in [1.82, 2.24) is 0 Å². The Kier molecular flexibility index (Phi) is 6.10. The lowest BCUT2D eigenvalue weighted by molar-refractivity contribution is 0.297. The lowest BCUT2D eigenvalue weighted by Gasteiger charge is -2.15. The molecule has 4 rings (SSSR count). The van der Waals surface area contributed by atoms with E-state index < -0.39 is 0 Å². The molecule has 1 heterocycles. The lowest BCUT2D eigenvalue weighted by Crippen LogP contribution is -2.11. The number of halogens is 1. The van der Waals surface area contributed by atoms with E-state index in [9.17, 15) is 4.79 Å². The third-order valence-corrected chi connectivity index (χ3v) is 5.82. The summed E-state index contributed by atoms with van der Waals surface area (Å²) in [6.07, 6.45) is 0. The molecule has 0 atom stereocenters. The van der Waals surface area contributed by atoms with E-state index in [4.69, 9.17) is 30.2 Å². The van der Waals surface area contributed by atoms with Crippen molar-refractivity contribution in [2.75, 3.05) is 14.2 Å². The van der Waals surface area contributed by atoms with E-state index in [0.717, 1.165) is 16.7 Å². The van der Waals surface area contributed by atoms with Crippen molar-refractivity contribution in [3.8, 4) is 28.6 Å². The Morgan fingerprint density at radius 1 is 0.906 bits per heavy atom. The molecule has 0 radical (unpaired) electrons. The summed E-state index contributed by atoms with van der Waals surface area (Å²) in [5, 5.41) is 0.859. The molecular formula is C26H23ClO5. The number of aryl methyl sites for hydroxylation is 2. The average Bonchev–Trinajstić information content (AvgIpc) is 2.80. The molecule has 0 unspecified atom stereocenters. The minimum Gasteiger partial charge on any atom is -0.493 e. The quantitative estimate of drug-likeness (QED) is 0.343. The molecule has 0 aliphatic heterocycles. The van der Waals surface area contributed by atoms with Gasteiger partial charge in [0.05, 0.1) is 19.6 Å². The maximum Gasteiger partial charge on any atom is 0.235 e. The SMILES string of the molecule is COc1ccc(-c2oc3cc(C)c(Cl)cc3c(=O)c2OCc2ccccc2C)cc1OC. The minimum absolute atomic E-state index is 0.118. The summed E-state index contributed by atoms with van der Waals surface area (Å²) in [4.78, 5) is 13.5. The van der Waals surface area contributed by atoms with Crippen LogP contribution in [0.25, 0.3) is 22.3 Å². The number of methoxy groups -OCH3 is 2. The highest BCUT2D eigenvalue weighted by Crippen LogP contribution is 2.37. The number of hydrogen-bond acceptors (Lipinski definition) is 5. The normalized spacial score (nSPS) is 10.9. The van der Waals surface area contributed by atoms with Gasteiger partial charge in [0.15, 0.2) is 17.3 Å². The van der Waals surface area contributed by atoms with Crippen molar-refractivity contribution in [3.05, 3.63) is 86.5 Å². The van der Waals surface area contributed by atoms with Crippen LogP contribution in [-0.4, -0.2) is 14.2 Å². The second-order valence-corrected chi connectivity index (χ2v) is 7.88.